The van der Waals surface area contributed by atoms with Crippen LogP contribution in [-0.2, 0) is 9.53 Å². The molecule has 2 aromatic rings. The monoisotopic (exact) mass is 374 g/mol. The minimum Gasteiger partial charge on any atom is -0.434 e. The Kier molecular flexibility index (Phi) is 6.38. The summed E-state index contributed by atoms with van der Waals surface area (Å²) < 4.78 is 34.7. The number of carbonyl (C=O) groups excluding carboxylic acids is 1. The van der Waals surface area contributed by atoms with E-state index in [2.05, 4.69) is 15.0 Å². The molecule has 2 aromatic carbocycles. The highest BCUT2D eigenvalue weighted by atomic mass is 19.3. The largest absolute Gasteiger partial charge is 0.434 e. The molecule has 142 valence electrons. The molecule has 3 rings (SSSR count). The maximum atomic E-state index is 12.4. The Morgan fingerprint density at radius 3 is 2.70 bits per heavy atom. The van der Waals surface area contributed by atoms with E-state index >= 15 is 0 Å². The predicted molar refractivity (Wildman–Crippen MR) is 100 cm³/mol. The van der Waals surface area contributed by atoms with Crippen molar-refractivity contribution in [3.8, 4) is 5.75 Å². The smallest absolute Gasteiger partial charge is 0.387 e. The third-order valence-electron chi connectivity index (χ3n) is 4.04. The molecule has 0 atom stereocenters. The number of nitrogens with zero attached hydrogens (tertiary/aromatic N) is 1. The molecule has 5 nitrogen and oxygen atoms in total. The number of ether oxygens (including phenoxy) is 2. The highest BCUT2D eigenvalue weighted by Gasteiger charge is 2.12. The quantitative estimate of drug-likeness (QED) is 0.782. The lowest BCUT2D eigenvalue weighted by atomic mass is 10.2. The first-order valence-corrected chi connectivity index (χ1v) is 8.57. The summed E-state index contributed by atoms with van der Waals surface area (Å²) in [4.78, 5) is 14.4. The number of amides is 1. The van der Waals surface area contributed by atoms with Crippen LogP contribution in [0.1, 0.15) is 5.56 Å². The molecule has 0 saturated carbocycles. The Morgan fingerprint density at radius 2 is 1.93 bits per heavy atom. The molecule has 0 spiro atoms. The van der Waals surface area contributed by atoms with Gasteiger partial charge >= 0.3 is 6.61 Å². The van der Waals surface area contributed by atoms with Crippen molar-refractivity contribution in [2.75, 3.05) is 36.5 Å². The minimum absolute atomic E-state index is 0.0193. The Balaban J connectivity index is 1.65. The number of morpholine rings is 1. The van der Waals surface area contributed by atoms with Crippen molar-refractivity contribution in [1.82, 2.24) is 0 Å². The average molecular weight is 374 g/mol. The molecule has 0 bridgehead atoms. The molecular weight excluding hydrogens is 354 g/mol. The zero-order valence-electron chi connectivity index (χ0n) is 14.6. The fourth-order valence-corrected chi connectivity index (χ4v) is 2.77. The van der Waals surface area contributed by atoms with Crippen LogP contribution in [0, 0.1) is 0 Å². The van der Waals surface area contributed by atoms with Crippen molar-refractivity contribution in [2.45, 2.75) is 6.61 Å². The van der Waals surface area contributed by atoms with E-state index in [4.69, 9.17) is 4.74 Å². The van der Waals surface area contributed by atoms with Crippen molar-refractivity contribution in [3.63, 3.8) is 0 Å². The summed E-state index contributed by atoms with van der Waals surface area (Å²) in [5.74, 6) is -0.341. The summed E-state index contributed by atoms with van der Waals surface area (Å²) in [5, 5.41) is 2.78. The molecule has 0 unspecified atom stereocenters. The normalized spacial score (nSPS) is 14.6. The first kappa shape index (κ1) is 18.8. The van der Waals surface area contributed by atoms with Gasteiger partial charge in [0.05, 0.1) is 13.2 Å². The molecule has 1 saturated heterocycles. The van der Waals surface area contributed by atoms with Crippen LogP contribution in [0.2, 0.25) is 0 Å². The minimum atomic E-state index is -2.92. The average Bonchev–Trinajstić information content (AvgIpc) is 2.68. The van der Waals surface area contributed by atoms with Crippen LogP contribution in [0.15, 0.2) is 54.6 Å². The van der Waals surface area contributed by atoms with Crippen LogP contribution >= 0.6 is 0 Å². The number of hydrogen-bond acceptors (Lipinski definition) is 4. The molecule has 0 radical (unpaired) electrons. The van der Waals surface area contributed by atoms with Crippen LogP contribution in [-0.4, -0.2) is 38.8 Å². The number of para-hydroxylation sites is 1. The van der Waals surface area contributed by atoms with Crippen LogP contribution in [0.3, 0.4) is 0 Å². The number of anilines is 2. The molecule has 0 aromatic heterocycles. The van der Waals surface area contributed by atoms with Crippen molar-refractivity contribution >= 4 is 23.4 Å². The lowest BCUT2D eigenvalue weighted by Crippen LogP contribution is -2.36. The second-order valence-corrected chi connectivity index (χ2v) is 5.89. The van der Waals surface area contributed by atoms with Crippen molar-refractivity contribution in [3.05, 3.63) is 60.2 Å². The van der Waals surface area contributed by atoms with E-state index in [0.29, 0.717) is 24.5 Å². The van der Waals surface area contributed by atoms with Gasteiger partial charge in [0.25, 0.3) is 0 Å². The summed E-state index contributed by atoms with van der Waals surface area (Å²) in [6.07, 6.45) is 2.73. The molecule has 1 amide bonds. The highest BCUT2D eigenvalue weighted by molar-refractivity contribution is 6.02. The molecule has 1 heterocycles. The second-order valence-electron chi connectivity index (χ2n) is 5.89. The number of carbonyl (C=O) groups is 1. The maximum Gasteiger partial charge on any atom is 0.387 e. The summed E-state index contributed by atoms with van der Waals surface area (Å²) in [6, 6.07) is 13.8. The van der Waals surface area contributed by atoms with E-state index in [1.165, 1.54) is 18.2 Å². The number of nitrogens with one attached hydrogen (secondary N) is 1. The van der Waals surface area contributed by atoms with E-state index < -0.39 is 6.61 Å². The van der Waals surface area contributed by atoms with Crippen molar-refractivity contribution in [1.29, 1.82) is 0 Å². The molecule has 1 aliphatic rings. The van der Waals surface area contributed by atoms with Crippen LogP contribution in [0.5, 0.6) is 5.75 Å². The van der Waals surface area contributed by atoms with Gasteiger partial charge in [-0.3, -0.25) is 4.79 Å². The van der Waals surface area contributed by atoms with Crippen LogP contribution in [0.4, 0.5) is 20.2 Å². The van der Waals surface area contributed by atoms with Gasteiger partial charge in [0, 0.05) is 36.1 Å². The van der Waals surface area contributed by atoms with Crippen molar-refractivity contribution < 1.29 is 23.0 Å². The van der Waals surface area contributed by atoms with Gasteiger partial charge in [0.1, 0.15) is 5.75 Å². The molecule has 1 fully saturated rings. The standard InChI is InChI=1S/C20H20F2N2O3/c21-20(22)27-18-7-2-1-4-15(18)8-9-19(25)23-16-5-3-6-17(14-16)24-10-12-26-13-11-24/h1-9,14,20H,10-13H2,(H,23,25)/b9-8+. The topological polar surface area (TPSA) is 50.8 Å². The van der Waals surface area contributed by atoms with E-state index in [9.17, 15) is 13.6 Å². The first-order chi connectivity index (χ1) is 13.1. The molecule has 1 aliphatic heterocycles. The van der Waals surface area contributed by atoms with Gasteiger partial charge in [-0.15, -0.1) is 0 Å². The second kappa shape index (κ2) is 9.14. The van der Waals surface area contributed by atoms with Crippen LogP contribution in [0.25, 0.3) is 6.08 Å². The number of benzene rings is 2. The van der Waals surface area contributed by atoms with Gasteiger partial charge in [0.15, 0.2) is 0 Å². The van der Waals surface area contributed by atoms with Gasteiger partial charge in [-0.25, -0.2) is 0 Å². The first-order valence-electron chi connectivity index (χ1n) is 8.57. The Bertz CT molecular complexity index is 805. The fourth-order valence-electron chi connectivity index (χ4n) is 2.77. The highest BCUT2D eigenvalue weighted by Crippen LogP contribution is 2.22. The zero-order chi connectivity index (χ0) is 19.1. The molecule has 7 heteroatoms. The lowest BCUT2D eigenvalue weighted by Gasteiger charge is -2.29. The van der Waals surface area contributed by atoms with E-state index in [0.717, 1.165) is 18.8 Å². The maximum absolute atomic E-state index is 12.4. The fraction of sp³-hybridized carbons (Fsp3) is 0.250. The van der Waals surface area contributed by atoms with Crippen molar-refractivity contribution in [2.24, 2.45) is 0 Å². The van der Waals surface area contributed by atoms with Gasteiger partial charge in [0.2, 0.25) is 5.91 Å². The number of alkyl halides is 2. The Morgan fingerprint density at radius 1 is 1.15 bits per heavy atom. The Hall–Kier alpha value is -2.93. The van der Waals surface area contributed by atoms with Gasteiger partial charge in [-0.1, -0.05) is 24.3 Å². The molecule has 1 N–H and O–H groups in total. The van der Waals surface area contributed by atoms with E-state index in [-0.39, 0.29) is 11.7 Å². The van der Waals surface area contributed by atoms with Gasteiger partial charge < -0.3 is 19.7 Å². The SMILES string of the molecule is O=C(/C=C/c1ccccc1OC(F)F)Nc1cccc(N2CCOCC2)c1. The Labute approximate surface area is 156 Å². The predicted octanol–water partition coefficient (Wildman–Crippen LogP) is 3.78. The molecular formula is C20H20F2N2O3. The summed E-state index contributed by atoms with van der Waals surface area (Å²) in [6.45, 7) is 0.0475. The molecule has 27 heavy (non-hydrogen) atoms. The van der Waals surface area contributed by atoms with E-state index in [1.807, 2.05) is 18.2 Å². The van der Waals surface area contributed by atoms with Crippen LogP contribution < -0.4 is 15.0 Å². The summed E-state index contributed by atoms with van der Waals surface area (Å²) >= 11 is 0. The number of halogens is 2. The van der Waals surface area contributed by atoms with E-state index in [1.54, 1.807) is 24.3 Å². The lowest BCUT2D eigenvalue weighted by molar-refractivity contribution is -0.111. The zero-order valence-corrected chi connectivity index (χ0v) is 14.6. The third-order valence-corrected chi connectivity index (χ3v) is 4.04. The van der Waals surface area contributed by atoms with Gasteiger partial charge in [-0.2, -0.15) is 8.78 Å². The summed E-state index contributed by atoms with van der Waals surface area (Å²) in [7, 11) is 0. The summed E-state index contributed by atoms with van der Waals surface area (Å²) in [5.41, 5.74) is 2.07. The third kappa shape index (κ3) is 5.52. The number of hydrogen-bond donors (Lipinski definition) is 1. The number of rotatable bonds is 6. The van der Waals surface area contributed by atoms with Gasteiger partial charge in [-0.05, 0) is 30.3 Å². The molecule has 0 aliphatic carbocycles.